The first-order valence-electron chi connectivity index (χ1n) is 4.83. The highest BCUT2D eigenvalue weighted by Crippen LogP contribution is 2.25. The van der Waals surface area contributed by atoms with Crippen LogP contribution in [0.3, 0.4) is 0 Å². The Bertz CT molecular complexity index is 526. The molecule has 0 atom stereocenters. The summed E-state index contributed by atoms with van der Waals surface area (Å²) in [5.74, 6) is -0.348. The Kier molecular flexibility index (Phi) is 3.43. The summed E-state index contributed by atoms with van der Waals surface area (Å²) in [6.07, 6.45) is 1.54. The summed E-state index contributed by atoms with van der Waals surface area (Å²) in [5, 5.41) is 15.7. The van der Waals surface area contributed by atoms with Crippen molar-refractivity contribution in [1.29, 1.82) is 0 Å². The van der Waals surface area contributed by atoms with Crippen molar-refractivity contribution in [2.24, 2.45) is 0 Å². The van der Waals surface area contributed by atoms with E-state index in [2.05, 4.69) is 26.4 Å². The summed E-state index contributed by atoms with van der Waals surface area (Å²) in [6.45, 7) is 0.386. The molecule has 0 unspecified atom stereocenters. The molecule has 2 rings (SSSR count). The summed E-state index contributed by atoms with van der Waals surface area (Å²) in [4.78, 5) is 11.1. The van der Waals surface area contributed by atoms with Crippen LogP contribution in [-0.2, 0) is 6.54 Å². The average molecular weight is 297 g/mol. The number of benzene rings is 1. The van der Waals surface area contributed by atoms with E-state index in [0.29, 0.717) is 22.5 Å². The maximum atomic E-state index is 11.1. The van der Waals surface area contributed by atoms with Gasteiger partial charge >= 0.3 is 5.97 Å². The summed E-state index contributed by atoms with van der Waals surface area (Å²) in [7, 11) is 0. The van der Waals surface area contributed by atoms with Crippen LogP contribution in [0.25, 0.3) is 0 Å². The largest absolute Gasteiger partial charge is 0.478 e. The van der Waals surface area contributed by atoms with E-state index >= 15 is 0 Å². The van der Waals surface area contributed by atoms with Crippen LogP contribution in [0.1, 0.15) is 16.1 Å². The number of anilines is 1. The SMILES string of the molecule is O=C(O)c1c(Br)cccc1NCc1ccno1. The molecule has 1 heterocycles. The lowest BCUT2D eigenvalue weighted by Crippen LogP contribution is -2.06. The van der Waals surface area contributed by atoms with Crippen molar-refractivity contribution in [2.45, 2.75) is 6.54 Å². The number of halogens is 1. The smallest absolute Gasteiger partial charge is 0.338 e. The zero-order chi connectivity index (χ0) is 12.3. The molecule has 2 N–H and O–H groups in total. The number of hydrogen-bond donors (Lipinski definition) is 2. The molecule has 0 amide bonds. The number of aromatic nitrogens is 1. The summed E-state index contributed by atoms with van der Waals surface area (Å²) in [6, 6.07) is 6.86. The zero-order valence-electron chi connectivity index (χ0n) is 8.68. The number of carboxylic acids is 1. The standard InChI is InChI=1S/C11H9BrN2O3/c12-8-2-1-3-9(10(8)11(15)16)13-6-7-4-5-14-17-7/h1-5,13H,6H2,(H,15,16). The molecule has 1 aromatic heterocycles. The minimum Gasteiger partial charge on any atom is -0.478 e. The lowest BCUT2D eigenvalue weighted by atomic mass is 10.2. The van der Waals surface area contributed by atoms with Gasteiger partial charge in [-0.25, -0.2) is 4.79 Å². The van der Waals surface area contributed by atoms with E-state index in [9.17, 15) is 4.79 Å². The molecule has 0 spiro atoms. The molecule has 2 aromatic rings. The minimum absolute atomic E-state index is 0.201. The molecule has 0 saturated heterocycles. The van der Waals surface area contributed by atoms with Gasteiger partial charge in [-0.1, -0.05) is 11.2 Å². The van der Waals surface area contributed by atoms with Gasteiger partial charge < -0.3 is 14.9 Å². The highest BCUT2D eigenvalue weighted by Gasteiger charge is 2.13. The predicted octanol–water partition coefficient (Wildman–Crippen LogP) is 2.75. The molecule has 0 aliphatic rings. The van der Waals surface area contributed by atoms with Crippen molar-refractivity contribution in [3.63, 3.8) is 0 Å². The molecule has 0 radical (unpaired) electrons. The van der Waals surface area contributed by atoms with Crippen molar-refractivity contribution in [2.75, 3.05) is 5.32 Å². The quantitative estimate of drug-likeness (QED) is 0.907. The van der Waals surface area contributed by atoms with E-state index in [1.807, 2.05) is 0 Å². The van der Waals surface area contributed by atoms with Gasteiger partial charge in [0.05, 0.1) is 24.0 Å². The van der Waals surface area contributed by atoms with Crippen molar-refractivity contribution >= 4 is 27.6 Å². The summed E-state index contributed by atoms with van der Waals surface area (Å²) < 4.78 is 5.45. The van der Waals surface area contributed by atoms with Gasteiger partial charge in [-0.3, -0.25) is 0 Å². The fourth-order valence-electron chi connectivity index (χ4n) is 1.40. The van der Waals surface area contributed by atoms with E-state index in [1.165, 1.54) is 6.20 Å². The van der Waals surface area contributed by atoms with E-state index in [0.717, 1.165) is 0 Å². The summed E-state index contributed by atoms with van der Waals surface area (Å²) >= 11 is 3.21. The third-order valence-corrected chi connectivity index (χ3v) is 2.83. The van der Waals surface area contributed by atoms with Crippen LogP contribution in [-0.4, -0.2) is 16.2 Å². The van der Waals surface area contributed by atoms with Gasteiger partial charge in [-0.15, -0.1) is 0 Å². The highest BCUT2D eigenvalue weighted by molar-refractivity contribution is 9.10. The number of nitrogens with one attached hydrogen (secondary N) is 1. The van der Waals surface area contributed by atoms with Gasteiger partial charge in [-0.2, -0.15) is 0 Å². The number of carboxylic acid groups (broad SMARTS) is 1. The van der Waals surface area contributed by atoms with Gasteiger partial charge in [0, 0.05) is 10.5 Å². The molecule has 0 aliphatic carbocycles. The van der Waals surface area contributed by atoms with Crippen molar-refractivity contribution in [3.8, 4) is 0 Å². The molecule has 0 saturated carbocycles. The first kappa shape index (κ1) is 11.7. The second-order valence-electron chi connectivity index (χ2n) is 3.30. The second-order valence-corrected chi connectivity index (χ2v) is 4.15. The molecule has 17 heavy (non-hydrogen) atoms. The van der Waals surface area contributed by atoms with E-state index in [1.54, 1.807) is 24.3 Å². The maximum absolute atomic E-state index is 11.1. The third-order valence-electron chi connectivity index (χ3n) is 2.17. The zero-order valence-corrected chi connectivity index (χ0v) is 10.3. The fraction of sp³-hybridized carbons (Fsp3) is 0.0909. The third kappa shape index (κ3) is 2.65. The fourth-order valence-corrected chi connectivity index (χ4v) is 1.94. The van der Waals surface area contributed by atoms with E-state index in [4.69, 9.17) is 9.63 Å². The Morgan fingerprint density at radius 2 is 2.29 bits per heavy atom. The number of rotatable bonds is 4. The van der Waals surface area contributed by atoms with Crippen LogP contribution in [0.15, 0.2) is 39.5 Å². The average Bonchev–Trinajstić information content (AvgIpc) is 2.78. The molecule has 88 valence electrons. The Morgan fingerprint density at radius 3 is 2.94 bits per heavy atom. The van der Waals surface area contributed by atoms with E-state index < -0.39 is 5.97 Å². The Hall–Kier alpha value is -1.82. The molecule has 1 aromatic carbocycles. The number of hydrogen-bond acceptors (Lipinski definition) is 4. The normalized spacial score (nSPS) is 10.2. The second kappa shape index (κ2) is 5.01. The van der Waals surface area contributed by atoms with Crippen molar-refractivity contribution < 1.29 is 14.4 Å². The Labute approximate surface area is 106 Å². The van der Waals surface area contributed by atoms with Crippen molar-refractivity contribution in [3.05, 3.63) is 46.3 Å². The topological polar surface area (TPSA) is 75.4 Å². The molecule has 5 nitrogen and oxygen atoms in total. The van der Waals surface area contributed by atoms with Crippen molar-refractivity contribution in [1.82, 2.24) is 5.16 Å². The molecular formula is C11H9BrN2O3. The molecule has 6 heteroatoms. The molecule has 0 fully saturated rings. The predicted molar refractivity (Wildman–Crippen MR) is 64.9 cm³/mol. The van der Waals surface area contributed by atoms with Gasteiger partial charge in [0.15, 0.2) is 5.76 Å². The molecular weight excluding hydrogens is 288 g/mol. The van der Waals surface area contributed by atoms with Gasteiger partial charge in [0.1, 0.15) is 0 Å². The Balaban J connectivity index is 2.21. The van der Waals surface area contributed by atoms with Crippen LogP contribution >= 0.6 is 15.9 Å². The first-order valence-corrected chi connectivity index (χ1v) is 5.63. The first-order chi connectivity index (χ1) is 8.18. The molecule has 0 aliphatic heterocycles. The van der Waals surface area contributed by atoms with Crippen LogP contribution in [0.4, 0.5) is 5.69 Å². The number of aromatic carboxylic acids is 1. The van der Waals surface area contributed by atoms with Crippen LogP contribution in [0.5, 0.6) is 0 Å². The van der Waals surface area contributed by atoms with E-state index in [-0.39, 0.29) is 5.56 Å². The number of carbonyl (C=O) groups is 1. The van der Waals surface area contributed by atoms with Gasteiger partial charge in [0.2, 0.25) is 0 Å². The highest BCUT2D eigenvalue weighted by atomic mass is 79.9. The lowest BCUT2D eigenvalue weighted by Gasteiger charge is -2.09. The summed E-state index contributed by atoms with van der Waals surface area (Å²) in [5.41, 5.74) is 0.732. The molecule has 0 bridgehead atoms. The lowest BCUT2D eigenvalue weighted by molar-refractivity contribution is 0.0697. The van der Waals surface area contributed by atoms with Crippen LogP contribution in [0, 0.1) is 0 Å². The number of nitrogens with zero attached hydrogens (tertiary/aromatic N) is 1. The monoisotopic (exact) mass is 296 g/mol. The van der Waals surface area contributed by atoms with Gasteiger partial charge in [0.25, 0.3) is 0 Å². The van der Waals surface area contributed by atoms with Gasteiger partial charge in [-0.05, 0) is 28.1 Å². The van der Waals surface area contributed by atoms with Crippen LogP contribution in [0.2, 0.25) is 0 Å². The minimum atomic E-state index is -0.988. The Morgan fingerprint density at radius 1 is 1.47 bits per heavy atom. The maximum Gasteiger partial charge on any atom is 0.338 e. The van der Waals surface area contributed by atoms with Crippen LogP contribution < -0.4 is 5.32 Å².